The first kappa shape index (κ1) is 13.1. The Morgan fingerprint density at radius 2 is 2.10 bits per heavy atom. The SMILES string of the molecule is C=C(N/N=C1/CCOc2cccnc21)Nc1ccccn1. The van der Waals surface area contributed by atoms with Crippen molar-refractivity contribution in [1.82, 2.24) is 15.4 Å². The monoisotopic (exact) mass is 281 g/mol. The zero-order valence-corrected chi connectivity index (χ0v) is 11.4. The zero-order valence-electron chi connectivity index (χ0n) is 11.4. The molecule has 0 aromatic carbocycles. The standard InChI is InChI=1S/C15H15N5O/c1-11(18-14-6-2-3-8-16-14)19-20-12-7-10-21-13-5-4-9-17-15(12)13/h2-6,8-9,19H,1,7,10H2,(H,16,18)/b20-12-. The van der Waals surface area contributed by atoms with Crippen LogP contribution in [0, 0.1) is 0 Å². The van der Waals surface area contributed by atoms with Crippen LogP contribution >= 0.6 is 0 Å². The average molecular weight is 281 g/mol. The molecule has 2 N–H and O–H groups in total. The van der Waals surface area contributed by atoms with Gasteiger partial charge in [-0.3, -0.25) is 10.4 Å². The molecule has 0 atom stereocenters. The molecule has 0 saturated heterocycles. The van der Waals surface area contributed by atoms with Gasteiger partial charge in [0.2, 0.25) is 0 Å². The van der Waals surface area contributed by atoms with Crippen LogP contribution in [-0.2, 0) is 0 Å². The molecule has 2 aromatic rings. The summed E-state index contributed by atoms with van der Waals surface area (Å²) in [5, 5.41) is 7.38. The van der Waals surface area contributed by atoms with Gasteiger partial charge in [-0.2, -0.15) is 5.10 Å². The van der Waals surface area contributed by atoms with Crippen LogP contribution in [0.2, 0.25) is 0 Å². The van der Waals surface area contributed by atoms with Crippen LogP contribution in [0.1, 0.15) is 12.1 Å². The molecule has 0 saturated carbocycles. The van der Waals surface area contributed by atoms with Gasteiger partial charge in [0, 0.05) is 18.8 Å². The second-order valence-corrected chi connectivity index (χ2v) is 4.44. The quantitative estimate of drug-likeness (QED) is 0.840. The van der Waals surface area contributed by atoms with Crippen LogP contribution in [-0.4, -0.2) is 22.3 Å². The third-order valence-electron chi connectivity index (χ3n) is 2.91. The molecule has 0 aliphatic carbocycles. The van der Waals surface area contributed by atoms with E-state index >= 15 is 0 Å². The molecule has 0 unspecified atom stereocenters. The van der Waals surface area contributed by atoms with Crippen molar-refractivity contribution in [3.63, 3.8) is 0 Å². The highest BCUT2D eigenvalue weighted by atomic mass is 16.5. The van der Waals surface area contributed by atoms with Gasteiger partial charge in [-0.05, 0) is 24.3 Å². The number of rotatable bonds is 4. The van der Waals surface area contributed by atoms with Crippen LogP contribution in [0.25, 0.3) is 0 Å². The molecule has 0 amide bonds. The summed E-state index contributed by atoms with van der Waals surface area (Å²) in [6.45, 7) is 4.47. The molecule has 0 fully saturated rings. The molecule has 0 radical (unpaired) electrons. The van der Waals surface area contributed by atoms with E-state index in [1.165, 1.54) is 0 Å². The van der Waals surface area contributed by atoms with Gasteiger partial charge in [0.25, 0.3) is 0 Å². The lowest BCUT2D eigenvalue weighted by molar-refractivity contribution is 0.318. The van der Waals surface area contributed by atoms with E-state index in [4.69, 9.17) is 4.74 Å². The Hall–Kier alpha value is -2.89. The lowest BCUT2D eigenvalue weighted by Gasteiger charge is -2.18. The predicted octanol–water partition coefficient (Wildman–Crippen LogP) is 2.14. The molecule has 3 heterocycles. The lowest BCUT2D eigenvalue weighted by atomic mass is 10.1. The van der Waals surface area contributed by atoms with E-state index in [9.17, 15) is 0 Å². The smallest absolute Gasteiger partial charge is 0.146 e. The fourth-order valence-electron chi connectivity index (χ4n) is 1.96. The highest BCUT2D eigenvalue weighted by Crippen LogP contribution is 2.21. The summed E-state index contributed by atoms with van der Waals surface area (Å²) < 4.78 is 5.54. The van der Waals surface area contributed by atoms with Gasteiger partial charge < -0.3 is 10.1 Å². The van der Waals surface area contributed by atoms with E-state index < -0.39 is 0 Å². The Bertz CT molecular complexity index is 669. The summed E-state index contributed by atoms with van der Waals surface area (Å²) in [5.41, 5.74) is 4.50. The maximum absolute atomic E-state index is 5.54. The minimum absolute atomic E-state index is 0.546. The summed E-state index contributed by atoms with van der Waals surface area (Å²) in [6, 6.07) is 9.33. The van der Waals surface area contributed by atoms with Gasteiger partial charge in [0.15, 0.2) is 0 Å². The van der Waals surface area contributed by atoms with E-state index in [0.717, 1.165) is 17.2 Å². The predicted molar refractivity (Wildman–Crippen MR) is 81.0 cm³/mol. The first-order valence-corrected chi connectivity index (χ1v) is 6.60. The summed E-state index contributed by atoms with van der Waals surface area (Å²) in [4.78, 5) is 8.46. The number of nitrogens with zero attached hydrogens (tertiary/aromatic N) is 3. The van der Waals surface area contributed by atoms with Crippen molar-refractivity contribution >= 4 is 11.5 Å². The number of ether oxygens (including phenoxy) is 1. The average Bonchev–Trinajstić information content (AvgIpc) is 2.54. The number of hydrogen-bond acceptors (Lipinski definition) is 6. The minimum Gasteiger partial charge on any atom is -0.491 e. The molecule has 6 heteroatoms. The van der Waals surface area contributed by atoms with E-state index in [0.29, 0.717) is 24.7 Å². The van der Waals surface area contributed by atoms with E-state index in [1.54, 1.807) is 12.4 Å². The molecule has 1 aliphatic heterocycles. The molecular formula is C15H15N5O. The molecular weight excluding hydrogens is 266 g/mol. The third kappa shape index (κ3) is 3.17. The van der Waals surface area contributed by atoms with Crippen LogP contribution in [0.4, 0.5) is 5.82 Å². The number of hydrazone groups is 1. The minimum atomic E-state index is 0.546. The number of fused-ring (bicyclic) bond motifs is 1. The zero-order chi connectivity index (χ0) is 14.5. The fraction of sp³-hybridized carbons (Fsp3) is 0.133. The molecule has 3 rings (SSSR count). The van der Waals surface area contributed by atoms with Gasteiger partial charge in [0.1, 0.15) is 23.1 Å². The lowest BCUT2D eigenvalue weighted by Crippen LogP contribution is -2.22. The van der Waals surface area contributed by atoms with Gasteiger partial charge in [-0.25, -0.2) is 4.98 Å². The van der Waals surface area contributed by atoms with Crippen LogP contribution in [0.15, 0.2) is 60.2 Å². The number of anilines is 1. The van der Waals surface area contributed by atoms with E-state index in [2.05, 4.69) is 32.4 Å². The molecule has 1 aliphatic rings. The topological polar surface area (TPSA) is 71.4 Å². The maximum Gasteiger partial charge on any atom is 0.146 e. The molecule has 0 spiro atoms. The van der Waals surface area contributed by atoms with Gasteiger partial charge in [-0.1, -0.05) is 12.6 Å². The van der Waals surface area contributed by atoms with Crippen molar-refractivity contribution in [2.45, 2.75) is 6.42 Å². The number of aromatic nitrogens is 2. The molecule has 2 aromatic heterocycles. The van der Waals surface area contributed by atoms with Crippen LogP contribution < -0.4 is 15.5 Å². The Labute approximate surface area is 122 Å². The number of hydrogen-bond donors (Lipinski definition) is 2. The number of pyridine rings is 2. The maximum atomic E-state index is 5.54. The Morgan fingerprint density at radius 1 is 1.19 bits per heavy atom. The van der Waals surface area contributed by atoms with Crippen molar-refractivity contribution in [1.29, 1.82) is 0 Å². The number of nitrogens with one attached hydrogen (secondary N) is 2. The third-order valence-corrected chi connectivity index (χ3v) is 2.91. The van der Waals surface area contributed by atoms with Crippen molar-refractivity contribution in [2.24, 2.45) is 5.10 Å². The molecule has 6 nitrogen and oxygen atoms in total. The van der Waals surface area contributed by atoms with E-state index in [-0.39, 0.29) is 0 Å². The largest absolute Gasteiger partial charge is 0.491 e. The van der Waals surface area contributed by atoms with Gasteiger partial charge in [-0.15, -0.1) is 0 Å². The summed E-state index contributed by atoms with van der Waals surface area (Å²) in [7, 11) is 0. The van der Waals surface area contributed by atoms with Gasteiger partial charge in [0.05, 0.1) is 12.3 Å². The summed E-state index contributed by atoms with van der Waals surface area (Å²) in [5.74, 6) is 2.01. The summed E-state index contributed by atoms with van der Waals surface area (Å²) >= 11 is 0. The first-order valence-electron chi connectivity index (χ1n) is 6.60. The Morgan fingerprint density at radius 3 is 2.95 bits per heavy atom. The van der Waals surface area contributed by atoms with Crippen LogP contribution in [0.3, 0.4) is 0 Å². The van der Waals surface area contributed by atoms with Crippen molar-refractivity contribution in [3.8, 4) is 5.75 Å². The highest BCUT2D eigenvalue weighted by molar-refractivity contribution is 6.01. The van der Waals surface area contributed by atoms with Crippen molar-refractivity contribution in [3.05, 3.63) is 60.8 Å². The van der Waals surface area contributed by atoms with Crippen LogP contribution in [0.5, 0.6) is 5.75 Å². The fourth-order valence-corrected chi connectivity index (χ4v) is 1.96. The van der Waals surface area contributed by atoms with E-state index in [1.807, 2.05) is 30.3 Å². The van der Waals surface area contributed by atoms with Crippen molar-refractivity contribution < 1.29 is 4.74 Å². The molecule has 21 heavy (non-hydrogen) atoms. The Balaban J connectivity index is 1.68. The Kier molecular flexibility index (Phi) is 3.77. The summed E-state index contributed by atoms with van der Waals surface area (Å²) in [6.07, 6.45) is 4.14. The highest BCUT2D eigenvalue weighted by Gasteiger charge is 2.17. The normalized spacial score (nSPS) is 15.0. The van der Waals surface area contributed by atoms with Gasteiger partial charge >= 0.3 is 0 Å². The second kappa shape index (κ2) is 6.04. The van der Waals surface area contributed by atoms with Crippen molar-refractivity contribution in [2.75, 3.05) is 11.9 Å². The molecule has 0 bridgehead atoms. The molecule has 106 valence electrons. The first-order chi connectivity index (χ1) is 10.3. The second-order valence-electron chi connectivity index (χ2n) is 4.44.